The lowest BCUT2D eigenvalue weighted by Crippen LogP contribution is -2.41. The fraction of sp³-hybridized carbons (Fsp3) is 0.350. The van der Waals surface area contributed by atoms with Gasteiger partial charge in [-0.15, -0.1) is 0 Å². The number of sulfonamides is 1. The van der Waals surface area contributed by atoms with Crippen molar-refractivity contribution in [2.75, 3.05) is 30.3 Å². The summed E-state index contributed by atoms with van der Waals surface area (Å²) in [5, 5.41) is 5.45. The highest BCUT2D eigenvalue weighted by molar-refractivity contribution is 7.89. The van der Waals surface area contributed by atoms with Crippen LogP contribution in [0.25, 0.3) is 0 Å². The number of nitrogens with one attached hydrogen (secondary N) is 2. The Morgan fingerprint density at radius 2 is 2.03 bits per heavy atom. The molecule has 30 heavy (non-hydrogen) atoms. The van der Waals surface area contributed by atoms with E-state index in [1.54, 1.807) is 12.3 Å². The molecule has 158 valence electrons. The van der Waals surface area contributed by atoms with E-state index in [0.717, 1.165) is 5.56 Å². The van der Waals surface area contributed by atoms with E-state index in [0.29, 0.717) is 30.1 Å². The monoisotopic (exact) mass is 430 g/mol. The molecule has 1 saturated heterocycles. The van der Waals surface area contributed by atoms with Crippen molar-refractivity contribution in [1.82, 2.24) is 9.29 Å². The molecule has 0 bridgehead atoms. The first-order valence-corrected chi connectivity index (χ1v) is 11.1. The van der Waals surface area contributed by atoms with E-state index in [4.69, 9.17) is 4.74 Å². The highest BCUT2D eigenvalue weighted by Gasteiger charge is 2.33. The Kier molecular flexibility index (Phi) is 5.44. The third kappa shape index (κ3) is 4.01. The van der Waals surface area contributed by atoms with Crippen LogP contribution >= 0.6 is 0 Å². The average Bonchev–Trinajstić information content (AvgIpc) is 2.75. The molecule has 9 nitrogen and oxygen atoms in total. The first-order chi connectivity index (χ1) is 14.3. The molecule has 2 amide bonds. The number of benzene rings is 1. The predicted molar refractivity (Wildman–Crippen MR) is 110 cm³/mol. The van der Waals surface area contributed by atoms with Gasteiger partial charge < -0.3 is 15.4 Å². The summed E-state index contributed by atoms with van der Waals surface area (Å²) in [6, 6.07) is 8.08. The fourth-order valence-electron chi connectivity index (χ4n) is 3.57. The molecule has 10 heteroatoms. The third-order valence-corrected chi connectivity index (χ3v) is 7.19. The summed E-state index contributed by atoms with van der Waals surface area (Å²) in [5.41, 5.74) is 1.21. The maximum atomic E-state index is 13.0. The van der Waals surface area contributed by atoms with Gasteiger partial charge in [0, 0.05) is 25.2 Å². The molecule has 0 saturated carbocycles. The summed E-state index contributed by atoms with van der Waals surface area (Å²) in [6.45, 7) is 2.25. The quantitative estimate of drug-likeness (QED) is 0.763. The summed E-state index contributed by atoms with van der Waals surface area (Å²) < 4.78 is 32.7. The number of aromatic nitrogens is 1. The number of aryl methyl sites for hydroxylation is 1. The van der Waals surface area contributed by atoms with Crippen LogP contribution in [0.5, 0.6) is 5.75 Å². The Balaban J connectivity index is 1.42. The summed E-state index contributed by atoms with van der Waals surface area (Å²) in [4.78, 5) is 28.3. The van der Waals surface area contributed by atoms with Gasteiger partial charge in [0.05, 0.1) is 10.6 Å². The van der Waals surface area contributed by atoms with Crippen LogP contribution in [0.3, 0.4) is 0 Å². The molecule has 0 aliphatic carbocycles. The zero-order valence-corrected chi connectivity index (χ0v) is 17.2. The zero-order valence-electron chi connectivity index (χ0n) is 16.4. The SMILES string of the molecule is Cc1cccnc1NC(=O)C1CCN(S(=O)(=O)c2ccc3c(c2)NC(=O)CO3)CC1. The minimum absolute atomic E-state index is 0.0825. The molecule has 2 aliphatic heterocycles. The second-order valence-corrected chi connectivity index (χ2v) is 9.27. The molecular weight excluding hydrogens is 408 g/mol. The largest absolute Gasteiger partial charge is 0.482 e. The molecule has 0 spiro atoms. The molecule has 2 aromatic rings. The molecule has 2 aliphatic rings. The van der Waals surface area contributed by atoms with Crippen molar-refractivity contribution in [2.45, 2.75) is 24.7 Å². The number of piperidine rings is 1. The number of pyridine rings is 1. The van der Waals surface area contributed by atoms with Crippen LogP contribution in [0.1, 0.15) is 18.4 Å². The molecule has 0 atom stereocenters. The smallest absolute Gasteiger partial charge is 0.262 e. The maximum absolute atomic E-state index is 13.0. The molecule has 1 aromatic heterocycles. The number of ether oxygens (including phenoxy) is 1. The van der Waals surface area contributed by atoms with Crippen molar-refractivity contribution >= 4 is 33.3 Å². The van der Waals surface area contributed by atoms with Crippen LogP contribution in [0.2, 0.25) is 0 Å². The van der Waals surface area contributed by atoms with E-state index in [1.807, 2.05) is 13.0 Å². The summed E-state index contributed by atoms with van der Waals surface area (Å²) in [5.74, 6) is 0.202. The topological polar surface area (TPSA) is 118 Å². The van der Waals surface area contributed by atoms with E-state index in [1.165, 1.54) is 22.5 Å². The Labute approximate surface area is 174 Å². The highest BCUT2D eigenvalue weighted by Crippen LogP contribution is 2.32. The van der Waals surface area contributed by atoms with Gasteiger partial charge in [-0.1, -0.05) is 6.07 Å². The van der Waals surface area contributed by atoms with Crippen LogP contribution in [0.15, 0.2) is 41.4 Å². The van der Waals surface area contributed by atoms with Crippen LogP contribution < -0.4 is 15.4 Å². The number of fused-ring (bicyclic) bond motifs is 1. The van der Waals surface area contributed by atoms with Gasteiger partial charge in [-0.3, -0.25) is 9.59 Å². The average molecular weight is 430 g/mol. The molecule has 2 N–H and O–H groups in total. The van der Waals surface area contributed by atoms with Crippen molar-refractivity contribution in [2.24, 2.45) is 5.92 Å². The van der Waals surface area contributed by atoms with Gasteiger partial charge >= 0.3 is 0 Å². The van der Waals surface area contributed by atoms with Crippen molar-refractivity contribution in [3.63, 3.8) is 0 Å². The van der Waals surface area contributed by atoms with Crippen molar-refractivity contribution in [3.8, 4) is 5.75 Å². The van der Waals surface area contributed by atoms with E-state index >= 15 is 0 Å². The van der Waals surface area contributed by atoms with E-state index in [-0.39, 0.29) is 42.3 Å². The van der Waals surface area contributed by atoms with Gasteiger partial charge in [0.1, 0.15) is 11.6 Å². The lowest BCUT2D eigenvalue weighted by molar-refractivity contribution is -0.121. The first-order valence-electron chi connectivity index (χ1n) is 9.64. The van der Waals surface area contributed by atoms with Crippen LogP contribution in [-0.2, 0) is 19.6 Å². The Bertz CT molecular complexity index is 1090. The number of hydrogen-bond donors (Lipinski definition) is 2. The minimum Gasteiger partial charge on any atom is -0.482 e. The fourth-order valence-corrected chi connectivity index (χ4v) is 5.06. The molecular formula is C20H22N4O5S. The van der Waals surface area contributed by atoms with Crippen molar-refractivity contribution in [3.05, 3.63) is 42.1 Å². The maximum Gasteiger partial charge on any atom is 0.262 e. The van der Waals surface area contributed by atoms with Crippen LogP contribution in [0, 0.1) is 12.8 Å². The minimum atomic E-state index is -3.75. The normalized spacial score (nSPS) is 17.6. The van der Waals surface area contributed by atoms with Crippen LogP contribution in [-0.4, -0.2) is 49.2 Å². The van der Waals surface area contributed by atoms with Gasteiger partial charge in [-0.25, -0.2) is 13.4 Å². The first kappa shape index (κ1) is 20.3. The molecule has 4 rings (SSSR count). The third-order valence-electron chi connectivity index (χ3n) is 5.30. The number of amides is 2. The summed E-state index contributed by atoms with van der Waals surface area (Å²) in [6.07, 6.45) is 2.45. The van der Waals surface area contributed by atoms with Gasteiger partial charge in [-0.05, 0) is 49.6 Å². The molecule has 1 fully saturated rings. The molecule has 0 unspecified atom stereocenters. The van der Waals surface area contributed by atoms with Crippen molar-refractivity contribution < 1.29 is 22.7 Å². The Morgan fingerprint density at radius 1 is 1.27 bits per heavy atom. The number of carbonyl (C=O) groups excluding carboxylic acids is 2. The second kappa shape index (κ2) is 8.04. The van der Waals surface area contributed by atoms with Gasteiger partial charge in [0.25, 0.3) is 5.91 Å². The van der Waals surface area contributed by atoms with Crippen LogP contribution in [0.4, 0.5) is 11.5 Å². The highest BCUT2D eigenvalue weighted by atomic mass is 32.2. The van der Waals surface area contributed by atoms with E-state index in [2.05, 4.69) is 15.6 Å². The number of anilines is 2. The zero-order chi connectivity index (χ0) is 21.3. The van der Waals surface area contributed by atoms with Gasteiger partial charge in [-0.2, -0.15) is 4.31 Å². The molecule has 0 radical (unpaired) electrons. The Morgan fingerprint density at radius 3 is 2.77 bits per heavy atom. The molecule has 3 heterocycles. The molecule has 1 aromatic carbocycles. The second-order valence-electron chi connectivity index (χ2n) is 7.33. The van der Waals surface area contributed by atoms with Gasteiger partial charge in [0.2, 0.25) is 15.9 Å². The van der Waals surface area contributed by atoms with E-state index in [9.17, 15) is 18.0 Å². The number of nitrogens with zero attached hydrogens (tertiary/aromatic N) is 2. The predicted octanol–water partition coefficient (Wildman–Crippen LogP) is 1.76. The van der Waals surface area contributed by atoms with E-state index < -0.39 is 10.0 Å². The van der Waals surface area contributed by atoms with Gasteiger partial charge in [0.15, 0.2) is 6.61 Å². The Hall–Kier alpha value is -2.98. The lowest BCUT2D eigenvalue weighted by Gasteiger charge is -2.30. The van der Waals surface area contributed by atoms with Crippen molar-refractivity contribution in [1.29, 1.82) is 0 Å². The summed E-state index contributed by atoms with van der Waals surface area (Å²) >= 11 is 0. The lowest BCUT2D eigenvalue weighted by atomic mass is 9.97. The number of rotatable bonds is 4. The summed E-state index contributed by atoms with van der Waals surface area (Å²) in [7, 11) is -3.75. The number of carbonyl (C=O) groups is 2. The number of hydrogen-bond acceptors (Lipinski definition) is 6. The standard InChI is InChI=1S/C20H22N4O5S/c1-13-3-2-8-21-19(13)23-20(26)14-6-9-24(10-7-14)30(27,28)15-4-5-17-16(11-15)22-18(25)12-29-17/h2-5,8,11,14H,6-7,9-10,12H2,1H3,(H,22,25)(H,21,23,26).